The van der Waals surface area contributed by atoms with Crippen LogP contribution in [0.1, 0.15) is 32.8 Å². The molecule has 0 spiro atoms. The monoisotopic (exact) mass is 264 g/mol. The third-order valence-electron chi connectivity index (χ3n) is 2.47. The summed E-state index contributed by atoms with van der Waals surface area (Å²) in [6.45, 7) is 5.59. The van der Waals surface area contributed by atoms with Crippen LogP contribution in [0.3, 0.4) is 0 Å². The highest BCUT2D eigenvalue weighted by Gasteiger charge is 2.26. The fraction of sp³-hybridized carbons (Fsp3) is 0.467. The molecular weight excluding hydrogens is 242 g/mol. The van der Waals surface area contributed by atoms with Crippen LogP contribution in [0.4, 0.5) is 0 Å². The molecule has 0 aliphatic rings. The zero-order valence-corrected chi connectivity index (χ0v) is 11.7. The SMILES string of the molecule is CC(C)(C)O[C](NC=O)C(O)CCc1ccccc1. The van der Waals surface area contributed by atoms with Gasteiger partial charge in [0.05, 0.1) is 5.60 Å². The molecule has 4 heteroatoms. The number of hydrogen-bond acceptors (Lipinski definition) is 3. The fourth-order valence-electron chi connectivity index (χ4n) is 1.66. The summed E-state index contributed by atoms with van der Waals surface area (Å²) in [7, 11) is 0. The van der Waals surface area contributed by atoms with Crippen molar-refractivity contribution in [1.82, 2.24) is 5.32 Å². The van der Waals surface area contributed by atoms with Crippen LogP contribution in [-0.2, 0) is 16.0 Å². The van der Waals surface area contributed by atoms with Crippen LogP contribution in [0.5, 0.6) is 0 Å². The number of benzene rings is 1. The van der Waals surface area contributed by atoms with E-state index in [1.807, 2.05) is 51.1 Å². The summed E-state index contributed by atoms with van der Waals surface area (Å²) in [4.78, 5) is 10.6. The summed E-state index contributed by atoms with van der Waals surface area (Å²) >= 11 is 0. The molecule has 1 rings (SSSR count). The van der Waals surface area contributed by atoms with Gasteiger partial charge in [-0.15, -0.1) is 0 Å². The largest absolute Gasteiger partial charge is 0.388 e. The third kappa shape index (κ3) is 6.36. The van der Waals surface area contributed by atoms with Gasteiger partial charge in [0, 0.05) is 0 Å². The lowest BCUT2D eigenvalue weighted by atomic mass is 10.1. The maximum atomic E-state index is 10.6. The molecule has 2 N–H and O–H groups in total. The molecule has 1 radical (unpaired) electrons. The highest BCUT2D eigenvalue weighted by molar-refractivity contribution is 5.48. The van der Waals surface area contributed by atoms with Crippen molar-refractivity contribution in [1.29, 1.82) is 0 Å². The number of carbonyl (C=O) groups is 1. The smallest absolute Gasteiger partial charge is 0.218 e. The molecule has 0 aliphatic heterocycles. The molecule has 105 valence electrons. The van der Waals surface area contributed by atoms with Crippen molar-refractivity contribution >= 4 is 6.41 Å². The van der Waals surface area contributed by atoms with E-state index in [0.29, 0.717) is 12.8 Å². The average Bonchev–Trinajstić information content (AvgIpc) is 2.35. The molecule has 0 aliphatic carbocycles. The Morgan fingerprint density at radius 2 is 2.00 bits per heavy atom. The van der Waals surface area contributed by atoms with Crippen LogP contribution >= 0.6 is 0 Å². The summed E-state index contributed by atoms with van der Waals surface area (Å²) in [5.41, 5.74) is 0.682. The van der Waals surface area contributed by atoms with Crippen molar-refractivity contribution in [3.8, 4) is 0 Å². The van der Waals surface area contributed by atoms with Crippen LogP contribution < -0.4 is 5.32 Å². The first-order chi connectivity index (χ1) is 8.92. The van der Waals surface area contributed by atoms with E-state index in [9.17, 15) is 9.90 Å². The van der Waals surface area contributed by atoms with E-state index in [1.54, 1.807) is 0 Å². The van der Waals surface area contributed by atoms with Gasteiger partial charge in [-0.05, 0) is 39.2 Å². The van der Waals surface area contributed by atoms with Crippen LogP contribution in [0.2, 0.25) is 0 Å². The summed E-state index contributed by atoms with van der Waals surface area (Å²) in [6.07, 6.45) is 1.13. The molecule has 0 fully saturated rings. The molecule has 1 aromatic rings. The summed E-state index contributed by atoms with van der Waals surface area (Å²) < 4.78 is 5.55. The molecule has 4 nitrogen and oxygen atoms in total. The normalized spacial score (nSPS) is 13.3. The van der Waals surface area contributed by atoms with Crippen molar-refractivity contribution in [3.63, 3.8) is 0 Å². The minimum Gasteiger partial charge on any atom is -0.388 e. The van der Waals surface area contributed by atoms with E-state index in [2.05, 4.69) is 5.32 Å². The van der Waals surface area contributed by atoms with Gasteiger partial charge in [0.15, 0.2) is 0 Å². The molecule has 1 amide bonds. The van der Waals surface area contributed by atoms with Crippen LogP contribution in [-0.4, -0.2) is 23.2 Å². The van der Waals surface area contributed by atoms with Crippen LogP contribution in [0.15, 0.2) is 30.3 Å². The molecule has 0 saturated carbocycles. The third-order valence-corrected chi connectivity index (χ3v) is 2.47. The second-order valence-corrected chi connectivity index (χ2v) is 5.38. The molecule has 0 bridgehead atoms. The predicted octanol–water partition coefficient (Wildman–Crippen LogP) is 2.03. The van der Waals surface area contributed by atoms with Crippen molar-refractivity contribution in [2.24, 2.45) is 0 Å². The topological polar surface area (TPSA) is 58.6 Å². The lowest BCUT2D eigenvalue weighted by molar-refractivity contribution is -0.115. The minimum absolute atomic E-state index is 0.207. The fourth-order valence-corrected chi connectivity index (χ4v) is 1.66. The lowest BCUT2D eigenvalue weighted by Crippen LogP contribution is -2.39. The van der Waals surface area contributed by atoms with Crippen molar-refractivity contribution in [2.45, 2.75) is 45.3 Å². The number of carbonyl (C=O) groups excluding carboxylic acids is 1. The van der Waals surface area contributed by atoms with Crippen LogP contribution in [0, 0.1) is 6.23 Å². The van der Waals surface area contributed by atoms with Gasteiger partial charge in [0.2, 0.25) is 12.6 Å². The maximum absolute atomic E-state index is 10.6. The maximum Gasteiger partial charge on any atom is 0.218 e. The standard InChI is InChI=1S/C15H22NO3/c1-15(2,3)19-14(16-11-17)13(18)10-9-12-7-5-4-6-8-12/h4-8,11,13,18H,9-10H2,1-3H3,(H,16,17). The molecule has 1 atom stereocenters. The summed E-state index contributed by atoms with van der Waals surface area (Å²) in [5.74, 6) is 0. The van der Waals surface area contributed by atoms with E-state index < -0.39 is 11.7 Å². The first-order valence-electron chi connectivity index (χ1n) is 6.40. The summed E-state index contributed by atoms with van der Waals surface area (Å²) in [6, 6.07) is 9.88. The molecule has 0 saturated heterocycles. The Hall–Kier alpha value is -1.39. The Morgan fingerprint density at radius 3 is 2.53 bits per heavy atom. The highest BCUT2D eigenvalue weighted by atomic mass is 16.5. The van der Waals surface area contributed by atoms with Gasteiger partial charge in [-0.25, -0.2) is 0 Å². The second kappa shape index (κ2) is 7.26. The Morgan fingerprint density at radius 1 is 1.37 bits per heavy atom. The Bertz CT molecular complexity index is 373. The van der Waals surface area contributed by atoms with E-state index in [1.165, 1.54) is 0 Å². The van der Waals surface area contributed by atoms with Crippen molar-refractivity contribution < 1.29 is 14.6 Å². The molecular formula is C15H22NO3. The second-order valence-electron chi connectivity index (χ2n) is 5.38. The summed E-state index contributed by atoms with van der Waals surface area (Å²) in [5, 5.41) is 12.5. The first-order valence-corrected chi connectivity index (χ1v) is 6.40. The molecule has 1 unspecified atom stereocenters. The van der Waals surface area contributed by atoms with E-state index in [-0.39, 0.29) is 6.23 Å². The van der Waals surface area contributed by atoms with E-state index in [4.69, 9.17) is 4.74 Å². The highest BCUT2D eigenvalue weighted by Crippen LogP contribution is 2.19. The molecule has 19 heavy (non-hydrogen) atoms. The number of aliphatic hydroxyl groups is 1. The lowest BCUT2D eigenvalue weighted by Gasteiger charge is -2.28. The quantitative estimate of drug-likeness (QED) is 0.741. The van der Waals surface area contributed by atoms with Gasteiger partial charge in [-0.2, -0.15) is 0 Å². The molecule has 1 aromatic carbocycles. The van der Waals surface area contributed by atoms with Gasteiger partial charge < -0.3 is 15.2 Å². The zero-order valence-electron chi connectivity index (χ0n) is 11.7. The minimum atomic E-state index is -0.815. The number of hydrogen-bond donors (Lipinski definition) is 2. The van der Waals surface area contributed by atoms with E-state index >= 15 is 0 Å². The van der Waals surface area contributed by atoms with E-state index in [0.717, 1.165) is 12.0 Å². The Kier molecular flexibility index (Phi) is 5.99. The average molecular weight is 264 g/mol. The number of aliphatic hydroxyl groups excluding tert-OH is 1. The van der Waals surface area contributed by atoms with Crippen molar-refractivity contribution in [2.75, 3.05) is 0 Å². The number of nitrogens with one attached hydrogen (secondary N) is 1. The number of rotatable bonds is 7. The van der Waals surface area contributed by atoms with Gasteiger partial charge in [0.25, 0.3) is 0 Å². The zero-order chi connectivity index (χ0) is 14.3. The Balaban J connectivity index is 2.52. The van der Waals surface area contributed by atoms with Gasteiger partial charge in [-0.3, -0.25) is 4.79 Å². The number of ether oxygens (including phenoxy) is 1. The van der Waals surface area contributed by atoms with Gasteiger partial charge in [0.1, 0.15) is 6.10 Å². The number of aryl methyl sites for hydroxylation is 1. The first kappa shape index (κ1) is 15.7. The number of amides is 1. The van der Waals surface area contributed by atoms with Gasteiger partial charge in [-0.1, -0.05) is 30.3 Å². The molecule has 0 heterocycles. The molecule has 0 aromatic heterocycles. The Labute approximate surface area is 114 Å². The van der Waals surface area contributed by atoms with Crippen LogP contribution in [0.25, 0.3) is 0 Å². The predicted molar refractivity (Wildman–Crippen MR) is 74.1 cm³/mol. The van der Waals surface area contributed by atoms with Gasteiger partial charge >= 0.3 is 0 Å². The van der Waals surface area contributed by atoms with Crippen molar-refractivity contribution in [3.05, 3.63) is 42.1 Å².